The number of nitrogens with one attached hydrogen (secondary N) is 2. The molecule has 0 bridgehead atoms. The van der Waals surface area contributed by atoms with Crippen molar-refractivity contribution in [1.29, 1.82) is 0 Å². The summed E-state index contributed by atoms with van der Waals surface area (Å²) in [6, 6.07) is 10.1. The number of aliphatic hydroxyl groups is 1. The molecule has 2 aromatic heterocycles. The molecular formula is C20H16F2N6O. The summed E-state index contributed by atoms with van der Waals surface area (Å²) in [6.07, 6.45) is 2.74. The molecule has 4 aromatic rings. The van der Waals surface area contributed by atoms with E-state index in [0.717, 1.165) is 17.7 Å². The molecule has 0 fully saturated rings. The summed E-state index contributed by atoms with van der Waals surface area (Å²) in [5.74, 6) is -1.29. The molecule has 0 saturated heterocycles. The first-order chi connectivity index (χ1) is 14.0. The number of nitrogens with zero attached hydrogens (tertiary/aromatic N) is 4. The molecule has 0 aliphatic heterocycles. The van der Waals surface area contributed by atoms with Gasteiger partial charge in [-0.15, -0.1) is 0 Å². The van der Waals surface area contributed by atoms with Crippen LogP contribution in [0.5, 0.6) is 0 Å². The lowest BCUT2D eigenvalue weighted by Crippen LogP contribution is -2.32. The van der Waals surface area contributed by atoms with Crippen LogP contribution in [0.4, 0.5) is 8.78 Å². The van der Waals surface area contributed by atoms with Crippen molar-refractivity contribution in [3.8, 4) is 11.3 Å². The number of hydrogen-bond donors (Lipinski definition) is 3. The lowest BCUT2D eigenvalue weighted by Gasteiger charge is -2.31. The van der Waals surface area contributed by atoms with Gasteiger partial charge in [-0.2, -0.15) is 20.5 Å². The van der Waals surface area contributed by atoms with E-state index < -0.39 is 17.2 Å². The molecule has 7 nitrogen and oxygen atoms in total. The molecule has 0 amide bonds. The van der Waals surface area contributed by atoms with E-state index in [0.29, 0.717) is 17.1 Å². The van der Waals surface area contributed by atoms with Gasteiger partial charge in [-0.1, -0.05) is 30.8 Å². The topological polar surface area (TPSA) is 103 Å². The number of halogens is 2. The molecule has 1 atom stereocenters. The molecular weight excluding hydrogens is 378 g/mol. The fraction of sp³-hybridized carbons (Fsp3) is 0.100. The largest absolute Gasteiger partial charge is 0.380 e. The lowest BCUT2D eigenvalue weighted by atomic mass is 9.80. The summed E-state index contributed by atoms with van der Waals surface area (Å²) in [7, 11) is 0. The Bertz CT molecular complexity index is 1130. The predicted octanol–water partition coefficient (Wildman–Crippen LogP) is 3.01. The van der Waals surface area contributed by atoms with Gasteiger partial charge in [0.25, 0.3) is 0 Å². The third-order valence-corrected chi connectivity index (χ3v) is 4.71. The smallest absolute Gasteiger partial charge is 0.137 e. The molecule has 4 rings (SSSR count). The van der Waals surface area contributed by atoms with E-state index >= 15 is 0 Å². The van der Waals surface area contributed by atoms with Crippen LogP contribution in [0.3, 0.4) is 0 Å². The summed E-state index contributed by atoms with van der Waals surface area (Å²) in [5.41, 5.74) is 0.271. The van der Waals surface area contributed by atoms with E-state index in [2.05, 4.69) is 37.2 Å². The van der Waals surface area contributed by atoms with Crippen LogP contribution in [-0.4, -0.2) is 35.7 Å². The number of aromatic nitrogens is 6. The zero-order valence-corrected chi connectivity index (χ0v) is 15.1. The minimum Gasteiger partial charge on any atom is -0.380 e. The molecule has 0 saturated carbocycles. The molecule has 0 aliphatic carbocycles. The van der Waals surface area contributed by atoms with Crippen LogP contribution in [0.1, 0.15) is 17.0 Å². The number of hydrogen-bond acceptors (Lipinski definition) is 5. The quantitative estimate of drug-likeness (QED) is 0.466. The Morgan fingerprint density at radius 3 is 2.52 bits per heavy atom. The van der Waals surface area contributed by atoms with Crippen LogP contribution in [0.25, 0.3) is 16.8 Å². The molecule has 3 N–H and O–H groups in total. The molecule has 0 spiro atoms. The molecule has 0 aliphatic rings. The molecule has 2 aromatic carbocycles. The van der Waals surface area contributed by atoms with Crippen molar-refractivity contribution in [1.82, 2.24) is 30.6 Å². The van der Waals surface area contributed by atoms with Gasteiger partial charge in [0.1, 0.15) is 35.1 Å². The van der Waals surface area contributed by atoms with Crippen molar-refractivity contribution in [2.75, 3.05) is 0 Å². The Kier molecular flexibility index (Phi) is 4.73. The first-order valence-electron chi connectivity index (χ1n) is 8.65. The average molecular weight is 394 g/mol. The number of benzene rings is 2. The maximum atomic E-state index is 14.6. The summed E-state index contributed by atoms with van der Waals surface area (Å²) in [5, 5.41) is 28.3. The van der Waals surface area contributed by atoms with Crippen molar-refractivity contribution < 1.29 is 13.9 Å². The lowest BCUT2D eigenvalue weighted by molar-refractivity contribution is 0.0947. The molecule has 0 radical (unpaired) electrons. The van der Waals surface area contributed by atoms with Crippen LogP contribution >= 0.6 is 0 Å². The minimum atomic E-state index is -1.88. The summed E-state index contributed by atoms with van der Waals surface area (Å²) in [4.78, 5) is 4.01. The summed E-state index contributed by atoms with van der Waals surface area (Å²) < 4.78 is 28.0. The van der Waals surface area contributed by atoms with Gasteiger partial charge in [-0.25, -0.2) is 13.8 Å². The Morgan fingerprint density at radius 2 is 1.90 bits per heavy atom. The Morgan fingerprint density at radius 1 is 1.10 bits per heavy atom. The van der Waals surface area contributed by atoms with Crippen LogP contribution in [-0.2, 0) is 12.0 Å². The van der Waals surface area contributed by atoms with Gasteiger partial charge in [0.05, 0.1) is 6.20 Å². The van der Waals surface area contributed by atoms with Crippen molar-refractivity contribution in [2.45, 2.75) is 12.0 Å². The SMILES string of the molecule is C=C(c1ccc(-c2cn[nH]n2)cc1)C(O)(Cc1ncn[nH]1)c1ccc(F)cc1F. The number of aromatic amines is 2. The highest BCUT2D eigenvalue weighted by Crippen LogP contribution is 2.39. The monoisotopic (exact) mass is 394 g/mol. The highest BCUT2D eigenvalue weighted by atomic mass is 19.1. The van der Waals surface area contributed by atoms with Crippen LogP contribution < -0.4 is 0 Å². The standard InChI is InChI=1S/C20H16F2N6O/c1-12(13-2-4-14(5-3-13)18-10-24-28-26-18)20(29,9-19-23-11-25-27-19)16-7-6-15(21)8-17(16)22/h2-8,10-11,29H,1,9H2,(H,23,25,27)(H,24,26,28). The van der Waals surface area contributed by atoms with Crippen LogP contribution in [0, 0.1) is 11.6 Å². The van der Waals surface area contributed by atoms with E-state index in [4.69, 9.17) is 0 Å². The maximum Gasteiger partial charge on any atom is 0.137 e. The zero-order valence-electron chi connectivity index (χ0n) is 15.1. The van der Waals surface area contributed by atoms with Gasteiger partial charge in [0.2, 0.25) is 0 Å². The molecule has 2 heterocycles. The van der Waals surface area contributed by atoms with Crippen molar-refractivity contribution in [3.05, 3.63) is 90.2 Å². The summed E-state index contributed by atoms with van der Waals surface area (Å²) in [6.45, 7) is 4.00. The molecule has 9 heteroatoms. The highest BCUT2D eigenvalue weighted by molar-refractivity contribution is 5.74. The second kappa shape index (κ2) is 7.36. The van der Waals surface area contributed by atoms with Gasteiger partial charge in [0, 0.05) is 23.6 Å². The van der Waals surface area contributed by atoms with Crippen LogP contribution in [0.15, 0.2) is 61.6 Å². The third-order valence-electron chi connectivity index (χ3n) is 4.71. The fourth-order valence-electron chi connectivity index (χ4n) is 3.17. The second-order valence-corrected chi connectivity index (χ2v) is 6.50. The average Bonchev–Trinajstić information content (AvgIpc) is 3.41. The maximum absolute atomic E-state index is 14.6. The van der Waals surface area contributed by atoms with E-state index in [-0.39, 0.29) is 17.6 Å². The second-order valence-electron chi connectivity index (χ2n) is 6.50. The Labute approximate surface area is 164 Å². The number of rotatable bonds is 6. The van der Waals surface area contributed by atoms with Gasteiger partial charge in [-0.05, 0) is 23.3 Å². The first-order valence-corrected chi connectivity index (χ1v) is 8.65. The van der Waals surface area contributed by atoms with Gasteiger partial charge < -0.3 is 5.11 Å². The fourth-order valence-corrected chi connectivity index (χ4v) is 3.17. The molecule has 146 valence electrons. The Balaban J connectivity index is 1.75. The predicted molar refractivity (Wildman–Crippen MR) is 101 cm³/mol. The van der Waals surface area contributed by atoms with Crippen LogP contribution in [0.2, 0.25) is 0 Å². The van der Waals surface area contributed by atoms with Crippen molar-refractivity contribution in [3.63, 3.8) is 0 Å². The van der Waals surface area contributed by atoms with Crippen molar-refractivity contribution >= 4 is 5.57 Å². The third kappa shape index (κ3) is 3.55. The molecule has 1 unspecified atom stereocenters. The molecule has 29 heavy (non-hydrogen) atoms. The van der Waals surface area contributed by atoms with Crippen molar-refractivity contribution in [2.24, 2.45) is 0 Å². The van der Waals surface area contributed by atoms with Gasteiger partial charge >= 0.3 is 0 Å². The van der Waals surface area contributed by atoms with E-state index in [1.165, 1.54) is 12.4 Å². The van der Waals surface area contributed by atoms with Gasteiger partial charge in [-0.3, -0.25) is 5.10 Å². The van der Waals surface area contributed by atoms with E-state index in [1.54, 1.807) is 30.5 Å². The Hall–Kier alpha value is -3.72. The first kappa shape index (κ1) is 18.6. The van der Waals surface area contributed by atoms with E-state index in [9.17, 15) is 13.9 Å². The summed E-state index contributed by atoms with van der Waals surface area (Å²) >= 11 is 0. The van der Waals surface area contributed by atoms with Gasteiger partial charge in [0.15, 0.2) is 0 Å². The zero-order chi connectivity index (χ0) is 20.4. The highest BCUT2D eigenvalue weighted by Gasteiger charge is 2.37. The number of H-pyrrole nitrogens is 2. The normalized spacial score (nSPS) is 13.2. The van der Waals surface area contributed by atoms with E-state index in [1.807, 2.05) is 0 Å². The minimum absolute atomic E-state index is 0.110.